The number of hydrogen-bond acceptors (Lipinski definition) is 1. The predicted octanol–water partition coefficient (Wildman–Crippen LogP) is 2.99. The standard InChI is InChI=1S/C8H12Cl2N2/c1-3-4-12-8(10)7(5-9)6(2)11-12/h3-5H2,1-2H3. The zero-order chi connectivity index (χ0) is 9.14. The molecule has 0 aliphatic heterocycles. The second-order valence-electron chi connectivity index (χ2n) is 2.71. The van der Waals surface area contributed by atoms with Crippen LogP contribution >= 0.6 is 23.2 Å². The van der Waals surface area contributed by atoms with Gasteiger partial charge in [-0.3, -0.25) is 4.68 Å². The van der Waals surface area contributed by atoms with Gasteiger partial charge >= 0.3 is 0 Å². The van der Waals surface area contributed by atoms with Gasteiger partial charge < -0.3 is 0 Å². The highest BCUT2D eigenvalue weighted by atomic mass is 35.5. The van der Waals surface area contributed by atoms with E-state index in [4.69, 9.17) is 23.2 Å². The third kappa shape index (κ3) is 1.75. The van der Waals surface area contributed by atoms with Crippen LogP contribution in [-0.4, -0.2) is 9.78 Å². The molecule has 0 radical (unpaired) electrons. The van der Waals surface area contributed by atoms with Gasteiger partial charge in [-0.1, -0.05) is 18.5 Å². The monoisotopic (exact) mass is 206 g/mol. The highest BCUT2D eigenvalue weighted by Crippen LogP contribution is 2.21. The molecule has 0 N–H and O–H groups in total. The molecule has 0 saturated carbocycles. The predicted molar refractivity (Wildman–Crippen MR) is 51.8 cm³/mol. The van der Waals surface area contributed by atoms with Gasteiger partial charge in [-0.15, -0.1) is 11.6 Å². The maximum Gasteiger partial charge on any atom is 0.131 e. The molecule has 0 atom stereocenters. The van der Waals surface area contributed by atoms with Crippen molar-refractivity contribution >= 4 is 23.2 Å². The van der Waals surface area contributed by atoms with Gasteiger partial charge in [-0.05, 0) is 13.3 Å². The van der Waals surface area contributed by atoms with Crippen LogP contribution in [-0.2, 0) is 12.4 Å². The molecule has 1 aromatic heterocycles. The SMILES string of the molecule is CCCn1nc(C)c(CCl)c1Cl. The highest BCUT2D eigenvalue weighted by Gasteiger charge is 2.10. The van der Waals surface area contributed by atoms with E-state index in [0.29, 0.717) is 11.0 Å². The molecular formula is C8H12Cl2N2. The Hall–Kier alpha value is -0.210. The molecule has 1 aromatic rings. The van der Waals surface area contributed by atoms with Crippen LogP contribution in [0.1, 0.15) is 24.6 Å². The molecule has 12 heavy (non-hydrogen) atoms. The molecule has 1 heterocycles. The molecule has 1 rings (SSSR count). The van der Waals surface area contributed by atoms with Crippen LogP contribution in [0, 0.1) is 6.92 Å². The Morgan fingerprint density at radius 3 is 2.58 bits per heavy atom. The lowest BCUT2D eigenvalue weighted by Crippen LogP contribution is -1.98. The summed E-state index contributed by atoms with van der Waals surface area (Å²) in [6.07, 6.45) is 1.03. The lowest BCUT2D eigenvalue weighted by molar-refractivity contribution is 0.599. The molecule has 68 valence electrons. The highest BCUT2D eigenvalue weighted by molar-refractivity contribution is 6.31. The van der Waals surface area contributed by atoms with Gasteiger partial charge in [0.25, 0.3) is 0 Å². The fourth-order valence-corrected chi connectivity index (χ4v) is 1.82. The summed E-state index contributed by atoms with van der Waals surface area (Å²) in [5, 5.41) is 4.96. The third-order valence-corrected chi connectivity index (χ3v) is 2.44. The van der Waals surface area contributed by atoms with Crippen LogP contribution in [0.15, 0.2) is 0 Å². The average Bonchev–Trinajstić information content (AvgIpc) is 2.29. The molecule has 2 nitrogen and oxygen atoms in total. The van der Waals surface area contributed by atoms with Gasteiger partial charge in [0.05, 0.1) is 11.6 Å². The van der Waals surface area contributed by atoms with Crippen LogP contribution in [0.2, 0.25) is 5.15 Å². The van der Waals surface area contributed by atoms with E-state index in [-0.39, 0.29) is 0 Å². The van der Waals surface area contributed by atoms with Crippen LogP contribution < -0.4 is 0 Å². The Bertz CT molecular complexity index is 268. The topological polar surface area (TPSA) is 17.8 Å². The number of aromatic nitrogens is 2. The molecule has 0 aliphatic carbocycles. The summed E-state index contributed by atoms with van der Waals surface area (Å²) in [6.45, 7) is 4.88. The Morgan fingerprint density at radius 1 is 1.50 bits per heavy atom. The summed E-state index contributed by atoms with van der Waals surface area (Å²) < 4.78 is 1.80. The summed E-state index contributed by atoms with van der Waals surface area (Å²) in [5.74, 6) is 0.439. The van der Waals surface area contributed by atoms with E-state index in [9.17, 15) is 0 Å². The fourth-order valence-electron chi connectivity index (χ4n) is 1.10. The first-order chi connectivity index (χ1) is 5.70. The number of halogens is 2. The molecule has 0 aromatic carbocycles. The van der Waals surface area contributed by atoms with Crippen LogP contribution in [0.5, 0.6) is 0 Å². The van der Waals surface area contributed by atoms with Crippen LogP contribution in [0.25, 0.3) is 0 Å². The van der Waals surface area contributed by atoms with E-state index in [2.05, 4.69) is 12.0 Å². The Morgan fingerprint density at radius 2 is 2.17 bits per heavy atom. The van der Waals surface area contributed by atoms with Gasteiger partial charge in [-0.2, -0.15) is 5.10 Å². The summed E-state index contributed by atoms with van der Waals surface area (Å²) >= 11 is 11.7. The second-order valence-corrected chi connectivity index (χ2v) is 3.34. The Kier molecular flexibility index (Phi) is 3.41. The van der Waals surface area contributed by atoms with Crippen molar-refractivity contribution in [1.29, 1.82) is 0 Å². The smallest absolute Gasteiger partial charge is 0.131 e. The largest absolute Gasteiger partial charge is 0.253 e. The molecule has 0 fully saturated rings. The molecular weight excluding hydrogens is 195 g/mol. The first kappa shape index (κ1) is 9.87. The number of hydrogen-bond donors (Lipinski definition) is 0. The minimum Gasteiger partial charge on any atom is -0.253 e. The second kappa shape index (κ2) is 4.15. The van der Waals surface area contributed by atoms with Crippen molar-refractivity contribution in [3.05, 3.63) is 16.4 Å². The van der Waals surface area contributed by atoms with E-state index in [0.717, 1.165) is 24.2 Å². The molecule has 4 heteroatoms. The van der Waals surface area contributed by atoms with Crippen LogP contribution in [0.4, 0.5) is 0 Å². The lowest BCUT2D eigenvalue weighted by atomic mass is 10.3. The van der Waals surface area contributed by atoms with Crippen molar-refractivity contribution in [3.8, 4) is 0 Å². The molecule has 0 spiro atoms. The summed E-state index contributed by atoms with van der Waals surface area (Å²) in [4.78, 5) is 0. The van der Waals surface area contributed by atoms with Crippen molar-refractivity contribution in [2.45, 2.75) is 32.7 Å². The Balaban J connectivity index is 3.00. The lowest BCUT2D eigenvalue weighted by Gasteiger charge is -1.98. The average molecular weight is 207 g/mol. The number of nitrogens with zero attached hydrogens (tertiary/aromatic N) is 2. The van der Waals surface area contributed by atoms with Gasteiger partial charge in [0.1, 0.15) is 5.15 Å². The number of rotatable bonds is 3. The van der Waals surface area contributed by atoms with Gasteiger partial charge in [-0.25, -0.2) is 0 Å². The van der Waals surface area contributed by atoms with Gasteiger partial charge in [0.2, 0.25) is 0 Å². The molecule has 0 unspecified atom stereocenters. The maximum atomic E-state index is 6.02. The molecule has 0 amide bonds. The molecule has 0 aliphatic rings. The zero-order valence-corrected chi connectivity index (χ0v) is 8.78. The Labute approximate surface area is 82.5 Å². The normalized spacial score (nSPS) is 10.7. The summed E-state index contributed by atoms with van der Waals surface area (Å²) in [5.41, 5.74) is 1.88. The summed E-state index contributed by atoms with van der Waals surface area (Å²) in [6, 6.07) is 0. The van der Waals surface area contributed by atoms with E-state index in [1.54, 1.807) is 4.68 Å². The quantitative estimate of drug-likeness (QED) is 0.696. The summed E-state index contributed by atoms with van der Waals surface area (Å²) in [7, 11) is 0. The number of alkyl halides is 1. The van der Waals surface area contributed by atoms with Crippen molar-refractivity contribution in [3.63, 3.8) is 0 Å². The number of aryl methyl sites for hydroxylation is 2. The molecule has 0 saturated heterocycles. The first-order valence-corrected chi connectivity index (χ1v) is 4.89. The van der Waals surface area contributed by atoms with Gasteiger partial charge in [0, 0.05) is 12.1 Å². The van der Waals surface area contributed by atoms with Crippen molar-refractivity contribution in [2.75, 3.05) is 0 Å². The van der Waals surface area contributed by atoms with Crippen LogP contribution in [0.3, 0.4) is 0 Å². The van der Waals surface area contributed by atoms with Crippen molar-refractivity contribution in [2.24, 2.45) is 0 Å². The van der Waals surface area contributed by atoms with Crippen molar-refractivity contribution < 1.29 is 0 Å². The van der Waals surface area contributed by atoms with E-state index >= 15 is 0 Å². The zero-order valence-electron chi connectivity index (χ0n) is 7.27. The maximum absolute atomic E-state index is 6.02. The third-order valence-electron chi connectivity index (χ3n) is 1.75. The minimum atomic E-state index is 0.439. The fraction of sp³-hybridized carbons (Fsp3) is 0.625. The van der Waals surface area contributed by atoms with Crippen molar-refractivity contribution in [1.82, 2.24) is 9.78 Å². The van der Waals surface area contributed by atoms with E-state index in [1.165, 1.54) is 0 Å². The van der Waals surface area contributed by atoms with E-state index < -0.39 is 0 Å². The first-order valence-electron chi connectivity index (χ1n) is 3.98. The minimum absolute atomic E-state index is 0.439. The van der Waals surface area contributed by atoms with Gasteiger partial charge in [0.15, 0.2) is 0 Å². The van der Waals surface area contributed by atoms with E-state index in [1.807, 2.05) is 6.92 Å². The molecule has 0 bridgehead atoms.